The molecule has 0 aliphatic heterocycles. The van der Waals surface area contributed by atoms with Crippen LogP contribution in [0.4, 0.5) is 5.69 Å². The summed E-state index contributed by atoms with van der Waals surface area (Å²) >= 11 is 0. The molecule has 0 fully saturated rings. The number of ether oxygens (including phenoxy) is 5. The van der Waals surface area contributed by atoms with Gasteiger partial charge >= 0.3 is 5.97 Å². The fourth-order valence-corrected chi connectivity index (χ4v) is 1.76. The molecule has 1 aromatic rings. The zero-order chi connectivity index (χ0) is 17.9. The largest absolute Gasteiger partial charge is 0.492 e. The van der Waals surface area contributed by atoms with Gasteiger partial charge in [-0.3, -0.25) is 10.1 Å². The average Bonchev–Trinajstić information content (AvgIpc) is 2.57. The number of carbonyl (C=O) groups excluding carboxylic acids is 1. The first-order valence-electron chi connectivity index (χ1n) is 7.38. The summed E-state index contributed by atoms with van der Waals surface area (Å²) in [7, 11) is 1.35. The molecule has 0 saturated heterocycles. The lowest BCUT2D eigenvalue weighted by molar-refractivity contribution is -0.385. The molecule has 0 radical (unpaired) electrons. The number of hydrogen-bond donors (Lipinski definition) is 0. The quantitative estimate of drug-likeness (QED) is 0.260. The summed E-state index contributed by atoms with van der Waals surface area (Å²) in [5.41, 5.74) is -0.247. The fourth-order valence-electron chi connectivity index (χ4n) is 1.76. The second-order valence-electron chi connectivity index (χ2n) is 4.37. The molecule has 0 aromatic heterocycles. The first kappa shape index (κ1) is 19.5. The predicted octanol–water partition coefficient (Wildman–Crippen LogP) is 1.96. The van der Waals surface area contributed by atoms with Gasteiger partial charge in [0.15, 0.2) is 18.1 Å². The van der Waals surface area contributed by atoms with Gasteiger partial charge in [0.05, 0.1) is 37.4 Å². The molecule has 0 unspecified atom stereocenters. The highest BCUT2D eigenvalue weighted by atomic mass is 16.6. The lowest BCUT2D eigenvalue weighted by Gasteiger charge is -2.15. The topological polar surface area (TPSA) is 106 Å². The summed E-state index contributed by atoms with van der Waals surface area (Å²) < 4.78 is 25.9. The highest BCUT2D eigenvalue weighted by Crippen LogP contribution is 2.41. The number of methoxy groups -OCH3 is 1. The molecule has 0 saturated carbocycles. The molecular formula is C15H21NO8. The molecule has 0 N–H and O–H groups in total. The van der Waals surface area contributed by atoms with E-state index in [1.165, 1.54) is 13.2 Å². The first-order chi connectivity index (χ1) is 11.5. The van der Waals surface area contributed by atoms with Crippen molar-refractivity contribution < 1.29 is 33.4 Å². The van der Waals surface area contributed by atoms with Crippen LogP contribution < -0.4 is 14.2 Å². The van der Waals surface area contributed by atoms with Crippen LogP contribution in [0.3, 0.4) is 0 Å². The lowest BCUT2D eigenvalue weighted by atomic mass is 10.2. The fraction of sp³-hybridized carbons (Fsp3) is 0.533. The maximum absolute atomic E-state index is 11.4. The summed E-state index contributed by atoms with van der Waals surface area (Å²) in [6.07, 6.45) is 0. The minimum absolute atomic E-state index is 0.0191. The van der Waals surface area contributed by atoms with Gasteiger partial charge in [-0.05, 0) is 13.8 Å². The Balaban J connectivity index is 3.01. The Hall–Kier alpha value is -2.55. The molecule has 1 aromatic carbocycles. The van der Waals surface area contributed by atoms with Crippen molar-refractivity contribution in [2.45, 2.75) is 13.8 Å². The van der Waals surface area contributed by atoms with Gasteiger partial charge in [0.1, 0.15) is 6.61 Å². The van der Waals surface area contributed by atoms with E-state index in [4.69, 9.17) is 23.7 Å². The zero-order valence-corrected chi connectivity index (χ0v) is 13.9. The van der Waals surface area contributed by atoms with Crippen LogP contribution in [0.2, 0.25) is 0 Å². The standard InChI is InChI=1S/C15H21NO8/c1-4-21-6-7-23-15-12(20-3)8-11(16(18)19)9-13(15)24-10-14(17)22-5-2/h8-9H,4-7,10H2,1-3H3. The Morgan fingerprint density at radius 2 is 1.83 bits per heavy atom. The Bertz CT molecular complexity index is 561. The molecule has 0 spiro atoms. The van der Waals surface area contributed by atoms with Crippen molar-refractivity contribution in [1.29, 1.82) is 0 Å². The third-order valence-corrected chi connectivity index (χ3v) is 2.77. The number of non-ortho nitro benzene ring substituents is 1. The monoisotopic (exact) mass is 343 g/mol. The van der Waals surface area contributed by atoms with Crippen molar-refractivity contribution in [2.24, 2.45) is 0 Å². The van der Waals surface area contributed by atoms with E-state index < -0.39 is 17.5 Å². The molecule has 0 heterocycles. The molecule has 9 heteroatoms. The van der Waals surface area contributed by atoms with E-state index in [0.29, 0.717) is 13.2 Å². The molecule has 0 aliphatic carbocycles. The molecule has 0 amide bonds. The van der Waals surface area contributed by atoms with E-state index >= 15 is 0 Å². The smallest absolute Gasteiger partial charge is 0.344 e. The van der Waals surface area contributed by atoms with Crippen LogP contribution in [0.1, 0.15) is 13.8 Å². The highest BCUT2D eigenvalue weighted by Gasteiger charge is 2.21. The highest BCUT2D eigenvalue weighted by molar-refractivity contribution is 5.71. The summed E-state index contributed by atoms with van der Waals surface area (Å²) in [6.45, 7) is 4.37. The van der Waals surface area contributed by atoms with Crippen LogP contribution in [0, 0.1) is 10.1 Å². The van der Waals surface area contributed by atoms with Crippen molar-refractivity contribution in [2.75, 3.05) is 40.1 Å². The predicted molar refractivity (Wildman–Crippen MR) is 83.8 cm³/mol. The van der Waals surface area contributed by atoms with Crippen molar-refractivity contribution in [3.63, 3.8) is 0 Å². The lowest BCUT2D eigenvalue weighted by Crippen LogP contribution is -2.16. The zero-order valence-electron chi connectivity index (χ0n) is 13.9. The van der Waals surface area contributed by atoms with Crippen LogP contribution in [-0.2, 0) is 14.3 Å². The maximum atomic E-state index is 11.4. The molecule has 0 bridgehead atoms. The normalized spacial score (nSPS) is 10.1. The van der Waals surface area contributed by atoms with Crippen molar-refractivity contribution in [3.8, 4) is 17.2 Å². The summed E-state index contributed by atoms with van der Waals surface area (Å²) in [5.74, 6) is -0.291. The van der Waals surface area contributed by atoms with E-state index in [1.807, 2.05) is 6.92 Å². The second-order valence-corrected chi connectivity index (χ2v) is 4.37. The maximum Gasteiger partial charge on any atom is 0.344 e. The molecule has 134 valence electrons. The van der Waals surface area contributed by atoms with Crippen LogP contribution in [-0.4, -0.2) is 51.0 Å². The third-order valence-electron chi connectivity index (χ3n) is 2.77. The Kier molecular flexibility index (Phi) is 8.34. The number of carbonyl (C=O) groups is 1. The Morgan fingerprint density at radius 1 is 1.12 bits per heavy atom. The van der Waals surface area contributed by atoms with Gasteiger partial charge in [0.2, 0.25) is 5.75 Å². The SMILES string of the molecule is CCOCCOc1c(OC)cc([N+](=O)[O-])cc1OCC(=O)OCC. The van der Waals surface area contributed by atoms with Crippen LogP contribution in [0.25, 0.3) is 0 Å². The number of nitrogens with zero attached hydrogens (tertiary/aromatic N) is 1. The van der Waals surface area contributed by atoms with E-state index in [2.05, 4.69) is 0 Å². The molecular weight excluding hydrogens is 322 g/mol. The van der Waals surface area contributed by atoms with Crippen molar-refractivity contribution in [3.05, 3.63) is 22.2 Å². The van der Waals surface area contributed by atoms with Gasteiger partial charge in [-0.25, -0.2) is 4.79 Å². The minimum Gasteiger partial charge on any atom is -0.492 e. The molecule has 24 heavy (non-hydrogen) atoms. The summed E-state index contributed by atoms with van der Waals surface area (Å²) in [5, 5.41) is 11.0. The van der Waals surface area contributed by atoms with Gasteiger partial charge in [-0.1, -0.05) is 0 Å². The van der Waals surface area contributed by atoms with Crippen LogP contribution in [0.5, 0.6) is 17.2 Å². The number of nitro benzene ring substituents is 1. The number of esters is 1. The third kappa shape index (κ3) is 5.92. The van der Waals surface area contributed by atoms with Crippen LogP contribution in [0.15, 0.2) is 12.1 Å². The van der Waals surface area contributed by atoms with Gasteiger partial charge in [-0.2, -0.15) is 0 Å². The van der Waals surface area contributed by atoms with Gasteiger partial charge in [0, 0.05) is 6.61 Å². The number of rotatable bonds is 11. The van der Waals surface area contributed by atoms with E-state index in [0.717, 1.165) is 6.07 Å². The molecule has 0 aliphatic rings. The van der Waals surface area contributed by atoms with Gasteiger partial charge in [0.25, 0.3) is 5.69 Å². The van der Waals surface area contributed by atoms with E-state index in [-0.39, 0.29) is 36.1 Å². The van der Waals surface area contributed by atoms with Gasteiger partial charge in [-0.15, -0.1) is 0 Å². The first-order valence-corrected chi connectivity index (χ1v) is 7.38. The van der Waals surface area contributed by atoms with Crippen molar-refractivity contribution in [1.82, 2.24) is 0 Å². The minimum atomic E-state index is -0.594. The molecule has 0 atom stereocenters. The average molecular weight is 343 g/mol. The van der Waals surface area contributed by atoms with Crippen LogP contribution >= 0.6 is 0 Å². The number of nitro groups is 1. The van der Waals surface area contributed by atoms with E-state index in [9.17, 15) is 14.9 Å². The number of hydrogen-bond acceptors (Lipinski definition) is 8. The van der Waals surface area contributed by atoms with Crippen molar-refractivity contribution >= 4 is 11.7 Å². The van der Waals surface area contributed by atoms with E-state index in [1.54, 1.807) is 6.92 Å². The number of benzene rings is 1. The van der Waals surface area contributed by atoms with Gasteiger partial charge < -0.3 is 23.7 Å². The summed E-state index contributed by atoms with van der Waals surface area (Å²) in [6, 6.07) is 2.38. The second kappa shape index (κ2) is 10.3. The molecule has 1 rings (SSSR count). The Morgan fingerprint density at radius 3 is 2.42 bits per heavy atom. The summed E-state index contributed by atoms with van der Waals surface area (Å²) in [4.78, 5) is 21.8. The molecule has 9 nitrogen and oxygen atoms in total. The Labute approximate surface area is 139 Å².